The van der Waals surface area contributed by atoms with Crippen molar-refractivity contribution < 1.29 is 14.7 Å². The minimum absolute atomic E-state index is 0.166. The molecule has 0 bridgehead atoms. The van der Waals surface area contributed by atoms with Crippen molar-refractivity contribution in [1.29, 1.82) is 0 Å². The molecule has 16 heavy (non-hydrogen) atoms. The second kappa shape index (κ2) is 3.79. The van der Waals surface area contributed by atoms with E-state index in [4.69, 9.17) is 9.94 Å². The van der Waals surface area contributed by atoms with Crippen LogP contribution in [0.5, 0.6) is 5.75 Å². The van der Waals surface area contributed by atoms with Gasteiger partial charge in [0.15, 0.2) is 0 Å². The monoisotopic (exact) mass is 221 g/mol. The molecule has 0 saturated heterocycles. The molecule has 1 heterocycles. The molecule has 1 aromatic rings. The highest BCUT2D eigenvalue weighted by molar-refractivity contribution is 5.77. The lowest BCUT2D eigenvalue weighted by atomic mass is 9.99. The normalized spacial score (nSPS) is 16.4. The van der Waals surface area contributed by atoms with Gasteiger partial charge in [-0.05, 0) is 31.0 Å². The molecule has 2 rings (SSSR count). The number of hydroxylamine groups is 1. The number of benzene rings is 1. The Kier molecular flexibility index (Phi) is 2.59. The quantitative estimate of drug-likeness (QED) is 0.587. The average Bonchev–Trinajstić information content (AvgIpc) is 2.51. The standard InChI is InChI=1S/C12H15NO3/c1-12(2)7-9-5-8(6-11(14)13-15)3-4-10(9)16-12/h3-5,15H,6-7H2,1-2H3,(H,13,14). The number of hydrogen-bond donors (Lipinski definition) is 2. The minimum Gasteiger partial charge on any atom is -0.487 e. The van der Waals surface area contributed by atoms with Gasteiger partial charge in [-0.15, -0.1) is 0 Å². The predicted molar refractivity (Wildman–Crippen MR) is 58.5 cm³/mol. The fourth-order valence-corrected chi connectivity index (χ4v) is 2.00. The largest absolute Gasteiger partial charge is 0.487 e. The van der Waals surface area contributed by atoms with E-state index in [1.165, 1.54) is 0 Å². The van der Waals surface area contributed by atoms with E-state index in [1.807, 2.05) is 32.0 Å². The number of amides is 1. The van der Waals surface area contributed by atoms with Gasteiger partial charge in [0, 0.05) is 6.42 Å². The Morgan fingerprint density at radius 1 is 1.56 bits per heavy atom. The average molecular weight is 221 g/mol. The molecule has 0 radical (unpaired) electrons. The van der Waals surface area contributed by atoms with Crippen molar-refractivity contribution in [2.24, 2.45) is 0 Å². The zero-order chi connectivity index (χ0) is 11.8. The first kappa shape index (κ1) is 11.0. The van der Waals surface area contributed by atoms with Gasteiger partial charge in [-0.3, -0.25) is 10.0 Å². The summed E-state index contributed by atoms with van der Waals surface area (Å²) in [6.45, 7) is 4.07. The van der Waals surface area contributed by atoms with Gasteiger partial charge in [-0.2, -0.15) is 0 Å². The van der Waals surface area contributed by atoms with Gasteiger partial charge in [0.1, 0.15) is 11.4 Å². The first-order valence-corrected chi connectivity index (χ1v) is 5.24. The van der Waals surface area contributed by atoms with Crippen molar-refractivity contribution in [2.45, 2.75) is 32.3 Å². The summed E-state index contributed by atoms with van der Waals surface area (Å²) in [7, 11) is 0. The number of rotatable bonds is 2. The maximum Gasteiger partial charge on any atom is 0.247 e. The van der Waals surface area contributed by atoms with Gasteiger partial charge in [-0.25, -0.2) is 5.48 Å². The molecule has 4 nitrogen and oxygen atoms in total. The van der Waals surface area contributed by atoms with Gasteiger partial charge in [0.2, 0.25) is 5.91 Å². The summed E-state index contributed by atoms with van der Waals surface area (Å²) in [5, 5.41) is 8.45. The molecule has 0 saturated carbocycles. The summed E-state index contributed by atoms with van der Waals surface area (Å²) in [6.07, 6.45) is 1.03. The predicted octanol–water partition coefficient (Wildman–Crippen LogP) is 1.45. The van der Waals surface area contributed by atoms with Crippen molar-refractivity contribution >= 4 is 5.91 Å². The van der Waals surface area contributed by atoms with E-state index >= 15 is 0 Å². The summed E-state index contributed by atoms with van der Waals surface area (Å²) >= 11 is 0. The second-order valence-electron chi connectivity index (χ2n) is 4.69. The summed E-state index contributed by atoms with van der Waals surface area (Å²) in [6, 6.07) is 5.68. The molecule has 1 aromatic carbocycles. The molecule has 1 aliphatic rings. The van der Waals surface area contributed by atoms with E-state index in [9.17, 15) is 4.79 Å². The SMILES string of the molecule is CC1(C)Cc2cc(CC(=O)NO)ccc2O1. The third-order valence-corrected chi connectivity index (χ3v) is 2.62. The van der Waals surface area contributed by atoms with Crippen LogP contribution in [0.25, 0.3) is 0 Å². The molecule has 4 heteroatoms. The Labute approximate surface area is 94.2 Å². The fraction of sp³-hybridized carbons (Fsp3) is 0.417. The topological polar surface area (TPSA) is 58.6 Å². The number of hydrogen-bond acceptors (Lipinski definition) is 3. The van der Waals surface area contributed by atoms with E-state index in [0.717, 1.165) is 23.3 Å². The molecule has 0 aliphatic carbocycles. The van der Waals surface area contributed by atoms with Crippen molar-refractivity contribution in [1.82, 2.24) is 5.48 Å². The van der Waals surface area contributed by atoms with E-state index in [-0.39, 0.29) is 12.0 Å². The highest BCUT2D eigenvalue weighted by atomic mass is 16.5. The second-order valence-corrected chi connectivity index (χ2v) is 4.69. The van der Waals surface area contributed by atoms with Crippen LogP contribution >= 0.6 is 0 Å². The Hall–Kier alpha value is -1.55. The smallest absolute Gasteiger partial charge is 0.247 e. The maximum absolute atomic E-state index is 11.0. The third-order valence-electron chi connectivity index (χ3n) is 2.62. The highest BCUT2D eigenvalue weighted by Crippen LogP contribution is 2.35. The fourth-order valence-electron chi connectivity index (χ4n) is 2.00. The lowest BCUT2D eigenvalue weighted by Crippen LogP contribution is -2.24. The van der Waals surface area contributed by atoms with Crippen molar-refractivity contribution in [3.63, 3.8) is 0 Å². The zero-order valence-corrected chi connectivity index (χ0v) is 9.41. The van der Waals surface area contributed by atoms with Crippen LogP contribution in [0.15, 0.2) is 18.2 Å². The molecule has 1 amide bonds. The van der Waals surface area contributed by atoms with E-state index in [0.29, 0.717) is 0 Å². The molecule has 0 aromatic heterocycles. The number of carbonyl (C=O) groups excluding carboxylic acids is 1. The summed E-state index contributed by atoms with van der Waals surface area (Å²) in [5.74, 6) is 0.483. The molecule has 1 aliphatic heterocycles. The highest BCUT2D eigenvalue weighted by Gasteiger charge is 2.29. The van der Waals surface area contributed by atoms with Crippen LogP contribution in [-0.4, -0.2) is 16.7 Å². The maximum atomic E-state index is 11.0. The van der Waals surface area contributed by atoms with Crippen LogP contribution in [0.1, 0.15) is 25.0 Å². The van der Waals surface area contributed by atoms with Crippen LogP contribution in [-0.2, 0) is 17.6 Å². The lowest BCUT2D eigenvalue weighted by molar-refractivity contribution is -0.128. The Morgan fingerprint density at radius 3 is 3.00 bits per heavy atom. The molecule has 0 atom stereocenters. The number of carbonyl (C=O) groups is 1. The summed E-state index contributed by atoms with van der Waals surface area (Å²) < 4.78 is 5.73. The van der Waals surface area contributed by atoms with Gasteiger partial charge >= 0.3 is 0 Å². The van der Waals surface area contributed by atoms with Gasteiger partial charge < -0.3 is 4.74 Å². The summed E-state index contributed by atoms with van der Waals surface area (Å²) in [4.78, 5) is 11.0. The number of ether oxygens (including phenoxy) is 1. The van der Waals surface area contributed by atoms with E-state index in [2.05, 4.69) is 0 Å². The Bertz CT molecular complexity index is 426. The molecule has 2 N–H and O–H groups in total. The van der Waals surface area contributed by atoms with Gasteiger partial charge in [0.25, 0.3) is 0 Å². The Balaban J connectivity index is 2.19. The van der Waals surface area contributed by atoms with Crippen molar-refractivity contribution in [3.8, 4) is 5.75 Å². The van der Waals surface area contributed by atoms with Crippen LogP contribution < -0.4 is 10.2 Å². The molecule has 0 spiro atoms. The lowest BCUT2D eigenvalue weighted by Gasteiger charge is -2.16. The van der Waals surface area contributed by atoms with E-state index in [1.54, 1.807) is 5.48 Å². The Morgan fingerprint density at radius 2 is 2.31 bits per heavy atom. The molecule has 0 unspecified atom stereocenters. The first-order valence-electron chi connectivity index (χ1n) is 5.24. The number of nitrogens with one attached hydrogen (secondary N) is 1. The number of fused-ring (bicyclic) bond motifs is 1. The molecular weight excluding hydrogens is 206 g/mol. The van der Waals surface area contributed by atoms with Crippen LogP contribution in [0, 0.1) is 0 Å². The third kappa shape index (κ3) is 2.17. The molecule has 86 valence electrons. The van der Waals surface area contributed by atoms with Gasteiger partial charge in [-0.1, -0.05) is 12.1 Å². The van der Waals surface area contributed by atoms with Gasteiger partial charge in [0.05, 0.1) is 6.42 Å². The van der Waals surface area contributed by atoms with Crippen LogP contribution in [0.2, 0.25) is 0 Å². The van der Waals surface area contributed by atoms with Crippen LogP contribution in [0.3, 0.4) is 0 Å². The summed E-state index contributed by atoms with van der Waals surface area (Å²) in [5.41, 5.74) is 3.46. The molecular formula is C12H15NO3. The minimum atomic E-state index is -0.405. The zero-order valence-electron chi connectivity index (χ0n) is 9.41. The van der Waals surface area contributed by atoms with Crippen LogP contribution in [0.4, 0.5) is 0 Å². The van der Waals surface area contributed by atoms with Crippen molar-refractivity contribution in [3.05, 3.63) is 29.3 Å². The van der Waals surface area contributed by atoms with E-state index < -0.39 is 5.91 Å². The molecule has 0 fully saturated rings. The van der Waals surface area contributed by atoms with Crippen molar-refractivity contribution in [2.75, 3.05) is 0 Å². The first-order chi connectivity index (χ1) is 7.50.